The van der Waals surface area contributed by atoms with E-state index in [2.05, 4.69) is 10.3 Å². The number of carbonyl (C=O) groups excluding carboxylic acids is 1. The van der Waals surface area contributed by atoms with E-state index in [4.69, 9.17) is 5.11 Å². The van der Waals surface area contributed by atoms with Crippen molar-refractivity contribution >= 4 is 23.3 Å². The van der Waals surface area contributed by atoms with Crippen LogP contribution in [0.2, 0.25) is 0 Å². The number of nitrogens with one attached hydrogen (secondary N) is 1. The van der Waals surface area contributed by atoms with E-state index < -0.39 is 5.97 Å². The van der Waals surface area contributed by atoms with Crippen molar-refractivity contribution in [1.29, 1.82) is 0 Å². The standard InChI is InChI=1S/C13H21N3O3S/c1-8(2)5-16(6-11(17)18)13(19)15-10(4)12-14-9(3)7-20-12/h7-8,10H,5-6H2,1-4H3,(H,15,19)(H,17,18). The predicted molar refractivity (Wildman–Crippen MR) is 77.8 cm³/mol. The van der Waals surface area contributed by atoms with Gasteiger partial charge in [-0.15, -0.1) is 11.3 Å². The summed E-state index contributed by atoms with van der Waals surface area (Å²) < 4.78 is 0. The summed E-state index contributed by atoms with van der Waals surface area (Å²) >= 11 is 1.48. The van der Waals surface area contributed by atoms with Gasteiger partial charge in [-0.2, -0.15) is 0 Å². The third kappa shape index (κ3) is 5.16. The Hall–Kier alpha value is -1.63. The molecule has 6 nitrogen and oxygen atoms in total. The van der Waals surface area contributed by atoms with E-state index in [0.29, 0.717) is 6.54 Å². The number of nitrogens with zero attached hydrogens (tertiary/aromatic N) is 2. The first-order chi connectivity index (χ1) is 9.29. The van der Waals surface area contributed by atoms with E-state index in [0.717, 1.165) is 10.7 Å². The van der Waals surface area contributed by atoms with Crippen molar-refractivity contribution in [2.75, 3.05) is 13.1 Å². The van der Waals surface area contributed by atoms with Crippen LogP contribution in [0.5, 0.6) is 0 Å². The maximum absolute atomic E-state index is 12.1. The number of aliphatic carboxylic acids is 1. The van der Waals surface area contributed by atoms with Crippen LogP contribution in [0.25, 0.3) is 0 Å². The Morgan fingerprint density at radius 3 is 2.55 bits per heavy atom. The molecule has 1 aromatic heterocycles. The summed E-state index contributed by atoms with van der Waals surface area (Å²) in [5.41, 5.74) is 0.913. The molecule has 112 valence electrons. The van der Waals surface area contributed by atoms with Gasteiger partial charge in [0.15, 0.2) is 0 Å². The number of aromatic nitrogens is 1. The fourth-order valence-corrected chi connectivity index (χ4v) is 2.54. The first kappa shape index (κ1) is 16.4. The minimum atomic E-state index is -1.02. The van der Waals surface area contributed by atoms with Gasteiger partial charge in [-0.25, -0.2) is 9.78 Å². The zero-order valence-electron chi connectivity index (χ0n) is 12.2. The first-order valence-electron chi connectivity index (χ1n) is 6.48. The zero-order valence-corrected chi connectivity index (χ0v) is 13.0. The molecule has 0 aliphatic rings. The van der Waals surface area contributed by atoms with Crippen LogP contribution in [0.15, 0.2) is 5.38 Å². The van der Waals surface area contributed by atoms with Gasteiger partial charge in [0.2, 0.25) is 0 Å². The number of thiazole rings is 1. The normalized spacial score (nSPS) is 12.2. The van der Waals surface area contributed by atoms with Crippen molar-refractivity contribution in [3.05, 3.63) is 16.1 Å². The van der Waals surface area contributed by atoms with Gasteiger partial charge in [-0.05, 0) is 19.8 Å². The summed E-state index contributed by atoms with van der Waals surface area (Å²) in [5, 5.41) is 14.4. The largest absolute Gasteiger partial charge is 0.480 e. The minimum Gasteiger partial charge on any atom is -0.480 e. The van der Waals surface area contributed by atoms with Gasteiger partial charge < -0.3 is 15.3 Å². The molecule has 0 fully saturated rings. The number of urea groups is 1. The molecule has 0 aromatic carbocycles. The molecule has 0 saturated carbocycles. The number of hydrogen-bond acceptors (Lipinski definition) is 4. The second-order valence-electron chi connectivity index (χ2n) is 5.17. The highest BCUT2D eigenvalue weighted by molar-refractivity contribution is 7.09. The van der Waals surface area contributed by atoms with Crippen LogP contribution >= 0.6 is 11.3 Å². The van der Waals surface area contributed by atoms with Gasteiger partial charge in [0.05, 0.1) is 6.04 Å². The van der Waals surface area contributed by atoms with E-state index >= 15 is 0 Å². The molecule has 0 aliphatic heterocycles. The highest BCUT2D eigenvalue weighted by Crippen LogP contribution is 2.17. The fourth-order valence-electron chi connectivity index (χ4n) is 1.73. The Labute approximate surface area is 122 Å². The molecule has 0 spiro atoms. The molecule has 1 heterocycles. The third-order valence-electron chi connectivity index (χ3n) is 2.55. The van der Waals surface area contributed by atoms with E-state index in [-0.39, 0.29) is 24.5 Å². The SMILES string of the molecule is Cc1csc(C(C)NC(=O)N(CC(=O)O)CC(C)C)n1. The van der Waals surface area contributed by atoms with Gasteiger partial charge in [0, 0.05) is 17.6 Å². The van der Waals surface area contributed by atoms with Crippen molar-refractivity contribution in [1.82, 2.24) is 15.2 Å². The van der Waals surface area contributed by atoms with Crippen molar-refractivity contribution in [3.8, 4) is 0 Å². The Kier molecular flexibility index (Phi) is 5.94. The number of amides is 2. The molecule has 0 saturated heterocycles. The summed E-state index contributed by atoms with van der Waals surface area (Å²) in [6.07, 6.45) is 0. The summed E-state index contributed by atoms with van der Waals surface area (Å²) in [5.74, 6) is -0.809. The van der Waals surface area contributed by atoms with Gasteiger partial charge in [-0.3, -0.25) is 4.79 Å². The van der Waals surface area contributed by atoms with Crippen molar-refractivity contribution in [2.24, 2.45) is 5.92 Å². The molecule has 0 bridgehead atoms. The van der Waals surface area contributed by atoms with Gasteiger partial charge in [0.1, 0.15) is 11.6 Å². The number of hydrogen-bond donors (Lipinski definition) is 2. The lowest BCUT2D eigenvalue weighted by atomic mass is 10.2. The molecule has 0 aliphatic carbocycles. The predicted octanol–water partition coefficient (Wildman–Crippen LogP) is 2.26. The topological polar surface area (TPSA) is 82.5 Å². The summed E-state index contributed by atoms with van der Waals surface area (Å²) in [6.45, 7) is 7.72. The maximum atomic E-state index is 12.1. The molecule has 7 heteroatoms. The third-order valence-corrected chi connectivity index (χ3v) is 3.69. The fraction of sp³-hybridized carbons (Fsp3) is 0.615. The lowest BCUT2D eigenvalue weighted by molar-refractivity contribution is -0.137. The Morgan fingerprint density at radius 2 is 2.10 bits per heavy atom. The van der Waals surface area contributed by atoms with Crippen LogP contribution in [0.1, 0.15) is 37.5 Å². The second kappa shape index (κ2) is 7.23. The van der Waals surface area contributed by atoms with E-state index in [1.807, 2.05) is 33.1 Å². The number of aryl methyl sites for hydroxylation is 1. The summed E-state index contributed by atoms with van der Waals surface area (Å²) in [6, 6.07) is -0.605. The average Bonchev–Trinajstić information content (AvgIpc) is 2.73. The number of carboxylic acids is 1. The monoisotopic (exact) mass is 299 g/mol. The molecule has 2 amide bonds. The van der Waals surface area contributed by atoms with Gasteiger partial charge in [-0.1, -0.05) is 13.8 Å². The minimum absolute atomic E-state index is 0.206. The number of carbonyl (C=O) groups is 2. The van der Waals surface area contributed by atoms with Crippen molar-refractivity contribution < 1.29 is 14.7 Å². The molecule has 2 N–H and O–H groups in total. The average molecular weight is 299 g/mol. The van der Waals surface area contributed by atoms with Crippen LogP contribution in [0, 0.1) is 12.8 Å². The van der Waals surface area contributed by atoms with E-state index in [9.17, 15) is 9.59 Å². The Bertz CT molecular complexity index is 473. The maximum Gasteiger partial charge on any atom is 0.323 e. The highest BCUT2D eigenvalue weighted by atomic mass is 32.1. The molecule has 20 heavy (non-hydrogen) atoms. The van der Waals surface area contributed by atoms with Crippen LogP contribution < -0.4 is 5.32 Å². The van der Waals surface area contributed by atoms with Crippen LogP contribution in [0.3, 0.4) is 0 Å². The Morgan fingerprint density at radius 1 is 1.45 bits per heavy atom. The van der Waals surface area contributed by atoms with Crippen LogP contribution in [-0.2, 0) is 4.79 Å². The lowest BCUT2D eigenvalue weighted by Gasteiger charge is -2.24. The quantitative estimate of drug-likeness (QED) is 0.844. The molecule has 1 atom stereocenters. The molecule has 1 rings (SSSR count). The van der Waals surface area contributed by atoms with Crippen LogP contribution in [0.4, 0.5) is 4.79 Å². The van der Waals surface area contributed by atoms with Crippen molar-refractivity contribution in [2.45, 2.75) is 33.7 Å². The zero-order chi connectivity index (χ0) is 15.3. The molecule has 1 unspecified atom stereocenters. The molecular formula is C13H21N3O3S. The first-order valence-corrected chi connectivity index (χ1v) is 7.36. The van der Waals surface area contributed by atoms with Gasteiger partial charge in [0.25, 0.3) is 0 Å². The van der Waals surface area contributed by atoms with Crippen molar-refractivity contribution in [3.63, 3.8) is 0 Å². The van der Waals surface area contributed by atoms with Gasteiger partial charge >= 0.3 is 12.0 Å². The van der Waals surface area contributed by atoms with E-state index in [1.54, 1.807) is 0 Å². The van der Waals surface area contributed by atoms with Crippen LogP contribution in [-0.4, -0.2) is 40.1 Å². The summed E-state index contributed by atoms with van der Waals surface area (Å²) in [7, 11) is 0. The lowest BCUT2D eigenvalue weighted by Crippen LogP contribution is -2.45. The second-order valence-corrected chi connectivity index (χ2v) is 6.06. The summed E-state index contributed by atoms with van der Waals surface area (Å²) in [4.78, 5) is 28.6. The van der Waals surface area contributed by atoms with E-state index in [1.165, 1.54) is 16.2 Å². The molecule has 0 radical (unpaired) electrons. The molecule has 1 aromatic rings. The molecular weight excluding hydrogens is 278 g/mol. The highest BCUT2D eigenvalue weighted by Gasteiger charge is 2.20. The Balaban J connectivity index is 2.67. The number of carboxylic acid groups (broad SMARTS) is 1. The number of rotatable bonds is 6. The smallest absolute Gasteiger partial charge is 0.323 e.